The fraction of sp³-hybridized carbons (Fsp3) is 0.462. The highest BCUT2D eigenvalue weighted by molar-refractivity contribution is 5.77. The lowest BCUT2D eigenvalue weighted by Gasteiger charge is -2.19. The standard InChI is InChI=1S/C13H21N3O/c1-3-16(4-2)13(14)15-10-11-17-12-8-6-5-7-9-12/h5-9H,3-4,10-11H2,1-2H3,(H2,14,15). The molecule has 0 aliphatic heterocycles. The van der Waals surface area contributed by atoms with E-state index >= 15 is 0 Å². The lowest BCUT2D eigenvalue weighted by atomic mass is 10.3. The molecule has 0 aromatic heterocycles. The van der Waals surface area contributed by atoms with Crippen molar-refractivity contribution in [3.8, 4) is 5.75 Å². The molecule has 2 N–H and O–H groups in total. The molecule has 4 heteroatoms. The van der Waals surface area contributed by atoms with E-state index in [2.05, 4.69) is 18.8 Å². The molecular weight excluding hydrogens is 214 g/mol. The van der Waals surface area contributed by atoms with Crippen LogP contribution >= 0.6 is 0 Å². The van der Waals surface area contributed by atoms with Gasteiger partial charge in [-0.05, 0) is 26.0 Å². The number of ether oxygens (including phenoxy) is 1. The Labute approximate surface area is 103 Å². The predicted molar refractivity (Wildman–Crippen MR) is 71.3 cm³/mol. The van der Waals surface area contributed by atoms with Gasteiger partial charge in [-0.25, -0.2) is 4.99 Å². The maximum absolute atomic E-state index is 5.84. The number of benzene rings is 1. The fourth-order valence-electron chi connectivity index (χ4n) is 1.49. The molecule has 0 aliphatic rings. The molecule has 0 unspecified atom stereocenters. The smallest absolute Gasteiger partial charge is 0.191 e. The summed E-state index contributed by atoms with van der Waals surface area (Å²) < 4.78 is 5.52. The molecule has 4 nitrogen and oxygen atoms in total. The molecule has 17 heavy (non-hydrogen) atoms. The van der Waals surface area contributed by atoms with Crippen molar-refractivity contribution >= 4 is 5.96 Å². The van der Waals surface area contributed by atoms with Gasteiger partial charge in [-0.1, -0.05) is 18.2 Å². The van der Waals surface area contributed by atoms with Crippen molar-refractivity contribution in [1.29, 1.82) is 0 Å². The molecule has 0 saturated carbocycles. The van der Waals surface area contributed by atoms with Crippen LogP contribution in [0.2, 0.25) is 0 Å². The second-order valence-corrected chi connectivity index (χ2v) is 3.57. The van der Waals surface area contributed by atoms with E-state index in [0.29, 0.717) is 19.1 Å². The van der Waals surface area contributed by atoms with Crippen molar-refractivity contribution in [2.75, 3.05) is 26.2 Å². The van der Waals surface area contributed by atoms with Gasteiger partial charge in [0.15, 0.2) is 5.96 Å². The molecule has 0 spiro atoms. The number of guanidine groups is 1. The first kappa shape index (κ1) is 13.4. The van der Waals surface area contributed by atoms with Gasteiger partial charge in [-0.15, -0.1) is 0 Å². The zero-order valence-corrected chi connectivity index (χ0v) is 10.6. The Morgan fingerprint density at radius 2 is 1.88 bits per heavy atom. The van der Waals surface area contributed by atoms with Gasteiger partial charge in [0.2, 0.25) is 0 Å². The molecule has 0 amide bonds. The van der Waals surface area contributed by atoms with Crippen LogP contribution in [0.5, 0.6) is 5.75 Å². The van der Waals surface area contributed by atoms with E-state index in [1.54, 1.807) is 0 Å². The third-order valence-electron chi connectivity index (χ3n) is 2.46. The number of rotatable bonds is 6. The van der Waals surface area contributed by atoms with Gasteiger partial charge in [-0.2, -0.15) is 0 Å². The Morgan fingerprint density at radius 3 is 2.47 bits per heavy atom. The summed E-state index contributed by atoms with van der Waals surface area (Å²) in [6.07, 6.45) is 0. The molecule has 0 atom stereocenters. The fourth-order valence-corrected chi connectivity index (χ4v) is 1.49. The Morgan fingerprint density at radius 1 is 1.24 bits per heavy atom. The number of hydrogen-bond acceptors (Lipinski definition) is 2. The van der Waals surface area contributed by atoms with E-state index in [1.807, 2.05) is 35.2 Å². The first-order chi connectivity index (χ1) is 8.27. The maximum Gasteiger partial charge on any atom is 0.191 e. The molecular formula is C13H21N3O. The molecule has 0 heterocycles. The summed E-state index contributed by atoms with van der Waals surface area (Å²) in [6, 6.07) is 9.71. The number of hydrogen-bond donors (Lipinski definition) is 1. The Balaban J connectivity index is 2.30. The van der Waals surface area contributed by atoms with Crippen LogP contribution in [0.3, 0.4) is 0 Å². The topological polar surface area (TPSA) is 50.8 Å². The van der Waals surface area contributed by atoms with Crippen LogP contribution in [-0.2, 0) is 0 Å². The second kappa shape index (κ2) is 7.54. The minimum atomic E-state index is 0.548. The monoisotopic (exact) mass is 235 g/mol. The molecule has 1 aromatic rings. The van der Waals surface area contributed by atoms with E-state index in [1.165, 1.54) is 0 Å². The van der Waals surface area contributed by atoms with Crippen molar-refractivity contribution in [1.82, 2.24) is 4.90 Å². The summed E-state index contributed by atoms with van der Waals surface area (Å²) in [4.78, 5) is 6.29. The molecule has 0 radical (unpaired) electrons. The van der Waals surface area contributed by atoms with E-state index in [0.717, 1.165) is 18.8 Å². The predicted octanol–water partition coefficient (Wildman–Crippen LogP) is 1.72. The normalized spacial score (nSPS) is 11.3. The third kappa shape index (κ3) is 4.76. The zero-order chi connectivity index (χ0) is 12.5. The van der Waals surface area contributed by atoms with Crippen molar-refractivity contribution in [3.05, 3.63) is 30.3 Å². The first-order valence-corrected chi connectivity index (χ1v) is 6.00. The van der Waals surface area contributed by atoms with Crippen molar-refractivity contribution in [3.63, 3.8) is 0 Å². The molecule has 1 aromatic carbocycles. The van der Waals surface area contributed by atoms with Crippen molar-refractivity contribution in [2.45, 2.75) is 13.8 Å². The van der Waals surface area contributed by atoms with Crippen LogP contribution in [0.15, 0.2) is 35.3 Å². The van der Waals surface area contributed by atoms with E-state index < -0.39 is 0 Å². The highest BCUT2D eigenvalue weighted by Crippen LogP contribution is 2.07. The average Bonchev–Trinajstić information content (AvgIpc) is 2.37. The number of para-hydroxylation sites is 1. The molecule has 94 valence electrons. The number of aliphatic imine (C=N–C) groups is 1. The van der Waals surface area contributed by atoms with Gasteiger partial charge < -0.3 is 15.4 Å². The average molecular weight is 235 g/mol. The van der Waals surface area contributed by atoms with Crippen LogP contribution in [0, 0.1) is 0 Å². The quantitative estimate of drug-likeness (QED) is 0.464. The van der Waals surface area contributed by atoms with Gasteiger partial charge in [0.1, 0.15) is 12.4 Å². The van der Waals surface area contributed by atoms with Crippen molar-refractivity contribution in [2.24, 2.45) is 10.7 Å². The molecule has 0 aliphatic carbocycles. The summed E-state index contributed by atoms with van der Waals surface area (Å²) in [5, 5.41) is 0. The summed E-state index contributed by atoms with van der Waals surface area (Å²) in [6.45, 7) is 7.01. The van der Waals surface area contributed by atoms with E-state index in [4.69, 9.17) is 10.5 Å². The summed E-state index contributed by atoms with van der Waals surface area (Å²) in [5.41, 5.74) is 5.84. The van der Waals surface area contributed by atoms with Crippen LogP contribution < -0.4 is 10.5 Å². The number of nitrogens with zero attached hydrogens (tertiary/aromatic N) is 2. The van der Waals surface area contributed by atoms with Gasteiger partial charge in [-0.3, -0.25) is 0 Å². The molecule has 0 fully saturated rings. The Bertz CT molecular complexity index is 334. The minimum absolute atomic E-state index is 0.548. The zero-order valence-electron chi connectivity index (χ0n) is 10.6. The lowest BCUT2D eigenvalue weighted by Crippen LogP contribution is -2.37. The van der Waals surface area contributed by atoms with Gasteiger partial charge >= 0.3 is 0 Å². The molecule has 1 rings (SSSR count). The first-order valence-electron chi connectivity index (χ1n) is 6.00. The Hall–Kier alpha value is -1.71. The third-order valence-corrected chi connectivity index (χ3v) is 2.46. The van der Waals surface area contributed by atoms with Gasteiger partial charge in [0, 0.05) is 13.1 Å². The van der Waals surface area contributed by atoms with E-state index in [9.17, 15) is 0 Å². The van der Waals surface area contributed by atoms with Gasteiger partial charge in [0.25, 0.3) is 0 Å². The minimum Gasteiger partial charge on any atom is -0.492 e. The maximum atomic E-state index is 5.84. The van der Waals surface area contributed by atoms with E-state index in [-0.39, 0.29) is 0 Å². The highest BCUT2D eigenvalue weighted by Gasteiger charge is 2.00. The summed E-state index contributed by atoms with van der Waals surface area (Å²) >= 11 is 0. The van der Waals surface area contributed by atoms with Crippen LogP contribution in [0.4, 0.5) is 0 Å². The summed E-state index contributed by atoms with van der Waals surface area (Å²) in [5.74, 6) is 1.45. The van der Waals surface area contributed by atoms with Crippen molar-refractivity contribution < 1.29 is 4.74 Å². The lowest BCUT2D eigenvalue weighted by molar-refractivity contribution is 0.327. The largest absolute Gasteiger partial charge is 0.492 e. The van der Waals surface area contributed by atoms with Gasteiger partial charge in [0.05, 0.1) is 6.54 Å². The summed E-state index contributed by atoms with van der Waals surface area (Å²) in [7, 11) is 0. The molecule has 0 bridgehead atoms. The Kier molecular flexibility index (Phi) is 5.93. The SMILES string of the molecule is CCN(CC)C(N)=NCCOc1ccccc1. The second-order valence-electron chi connectivity index (χ2n) is 3.57. The van der Waals surface area contributed by atoms with Crippen LogP contribution in [0.1, 0.15) is 13.8 Å². The number of nitrogens with two attached hydrogens (primary N) is 1. The van der Waals surface area contributed by atoms with Crippen LogP contribution in [-0.4, -0.2) is 37.1 Å². The highest BCUT2D eigenvalue weighted by atomic mass is 16.5. The van der Waals surface area contributed by atoms with Crippen LogP contribution in [0.25, 0.3) is 0 Å². The molecule has 0 saturated heterocycles.